The fourth-order valence-electron chi connectivity index (χ4n) is 1.83. The molecule has 2 N–H and O–H groups in total. The average molecular weight is 325 g/mol. The summed E-state index contributed by atoms with van der Waals surface area (Å²) in [7, 11) is -1.26. The topological polar surface area (TPSA) is 81.0 Å². The molecule has 0 radical (unpaired) electrons. The number of ether oxygens (including phenoxy) is 2. The van der Waals surface area contributed by atoms with Crippen molar-refractivity contribution >= 4 is 12.6 Å². The number of nitrogens with zero attached hydrogens (tertiary/aromatic N) is 1. The summed E-state index contributed by atoms with van der Waals surface area (Å²) in [5.41, 5.74) is -1.17. The summed E-state index contributed by atoms with van der Waals surface area (Å²) in [5.74, 6) is 0. The summed E-state index contributed by atoms with van der Waals surface area (Å²) in [5, 5.41) is 20.7. The van der Waals surface area contributed by atoms with Gasteiger partial charge in [0, 0.05) is 24.9 Å². The molecule has 0 saturated carbocycles. The molecule has 0 aliphatic rings. The van der Waals surface area contributed by atoms with Crippen molar-refractivity contribution < 1.29 is 24.3 Å². The van der Waals surface area contributed by atoms with E-state index in [1.807, 2.05) is 13.8 Å². The third-order valence-corrected chi connectivity index (χ3v) is 3.88. The number of rotatable bonds is 9. The van der Waals surface area contributed by atoms with Crippen LogP contribution in [0.15, 0.2) is 18.3 Å². The van der Waals surface area contributed by atoms with Gasteiger partial charge in [0.2, 0.25) is 6.29 Å². The minimum absolute atomic E-state index is 0.451. The van der Waals surface area contributed by atoms with E-state index in [1.54, 1.807) is 46.0 Å². The van der Waals surface area contributed by atoms with Gasteiger partial charge < -0.3 is 24.3 Å². The lowest BCUT2D eigenvalue weighted by Crippen LogP contribution is -2.53. The Kier molecular flexibility index (Phi) is 7.16. The third kappa shape index (κ3) is 5.26. The molecule has 6 nitrogen and oxygen atoms in total. The lowest BCUT2D eigenvalue weighted by atomic mass is 9.75. The van der Waals surface area contributed by atoms with Gasteiger partial charge in [0.25, 0.3) is 0 Å². The van der Waals surface area contributed by atoms with Gasteiger partial charge >= 0.3 is 7.12 Å². The molecule has 1 aromatic heterocycles. The largest absolute Gasteiger partial charge is 0.493 e. The molecule has 23 heavy (non-hydrogen) atoms. The van der Waals surface area contributed by atoms with Gasteiger partial charge in [0.1, 0.15) is 0 Å². The summed E-state index contributed by atoms with van der Waals surface area (Å²) in [6, 6.07) is 3.41. The molecule has 1 aromatic rings. The summed E-state index contributed by atoms with van der Waals surface area (Å²) in [6.45, 7) is 11.3. The summed E-state index contributed by atoms with van der Waals surface area (Å²) in [4.78, 5) is 4.28. The monoisotopic (exact) mass is 325 g/mol. The van der Waals surface area contributed by atoms with E-state index in [9.17, 15) is 10.1 Å². The molecule has 0 saturated heterocycles. The molecular weight excluding hydrogens is 297 g/mol. The van der Waals surface area contributed by atoms with Crippen molar-refractivity contribution in [1.82, 2.24) is 4.98 Å². The number of pyridine rings is 1. The Morgan fingerprint density at radius 1 is 1.17 bits per heavy atom. The van der Waals surface area contributed by atoms with Crippen LogP contribution in [0.3, 0.4) is 0 Å². The zero-order chi connectivity index (χ0) is 17.7. The van der Waals surface area contributed by atoms with Crippen LogP contribution in [0.25, 0.3) is 0 Å². The molecule has 0 unspecified atom stereocenters. The molecule has 7 heteroatoms. The van der Waals surface area contributed by atoms with E-state index in [0.717, 1.165) is 0 Å². The van der Waals surface area contributed by atoms with E-state index < -0.39 is 24.6 Å². The van der Waals surface area contributed by atoms with E-state index in [2.05, 4.69) is 4.98 Å². The van der Waals surface area contributed by atoms with Crippen LogP contribution in [-0.2, 0) is 14.1 Å². The van der Waals surface area contributed by atoms with Crippen molar-refractivity contribution in [3.8, 4) is 0 Å². The predicted octanol–water partition coefficient (Wildman–Crippen LogP) is 1.41. The van der Waals surface area contributed by atoms with Crippen molar-refractivity contribution in [2.45, 2.75) is 59.0 Å². The van der Waals surface area contributed by atoms with Gasteiger partial charge in [0.05, 0.1) is 16.9 Å². The molecule has 0 aliphatic heterocycles. The second kappa shape index (κ2) is 8.21. The molecule has 0 amide bonds. The van der Waals surface area contributed by atoms with Crippen molar-refractivity contribution in [1.29, 1.82) is 0 Å². The fraction of sp³-hybridized carbons (Fsp3) is 0.688. The number of hydrogen-bond donors (Lipinski definition) is 2. The highest BCUT2D eigenvalue weighted by Crippen LogP contribution is 2.26. The maximum absolute atomic E-state index is 10.5. The lowest BCUT2D eigenvalue weighted by molar-refractivity contribution is -0.142. The maximum atomic E-state index is 10.5. The Labute approximate surface area is 138 Å². The SMILES string of the molecule is CCOC(OCC)c1ncccc1B(O)OC(C)(C)C(C)(C)O. The molecule has 0 aromatic carbocycles. The average Bonchev–Trinajstić information content (AvgIpc) is 2.45. The zero-order valence-electron chi connectivity index (χ0n) is 14.9. The Morgan fingerprint density at radius 3 is 2.22 bits per heavy atom. The van der Waals surface area contributed by atoms with Crippen LogP contribution < -0.4 is 5.46 Å². The number of aliphatic hydroxyl groups is 1. The number of aromatic nitrogens is 1. The lowest BCUT2D eigenvalue weighted by Gasteiger charge is -2.38. The van der Waals surface area contributed by atoms with Gasteiger partial charge in [-0.2, -0.15) is 0 Å². The van der Waals surface area contributed by atoms with Crippen LogP contribution in [0.1, 0.15) is 53.5 Å². The van der Waals surface area contributed by atoms with Gasteiger partial charge in [-0.3, -0.25) is 4.98 Å². The molecule has 0 atom stereocenters. The Hall–Kier alpha value is -0.985. The maximum Gasteiger partial charge on any atom is 0.493 e. The van der Waals surface area contributed by atoms with Crippen LogP contribution in [-0.4, -0.2) is 46.6 Å². The molecule has 0 fully saturated rings. The first-order chi connectivity index (χ1) is 10.6. The highest BCUT2D eigenvalue weighted by Gasteiger charge is 2.40. The smallest absolute Gasteiger partial charge is 0.423 e. The third-order valence-electron chi connectivity index (χ3n) is 3.88. The first-order valence-electron chi connectivity index (χ1n) is 7.90. The minimum atomic E-state index is -1.26. The van der Waals surface area contributed by atoms with E-state index >= 15 is 0 Å². The molecule has 130 valence electrons. The quantitative estimate of drug-likeness (QED) is 0.528. The Bertz CT molecular complexity index is 484. The van der Waals surface area contributed by atoms with E-state index in [-0.39, 0.29) is 0 Å². The highest BCUT2D eigenvalue weighted by atomic mass is 16.7. The number of hydrogen-bond acceptors (Lipinski definition) is 6. The predicted molar refractivity (Wildman–Crippen MR) is 89.3 cm³/mol. The fourth-order valence-corrected chi connectivity index (χ4v) is 1.83. The van der Waals surface area contributed by atoms with Gasteiger partial charge in [-0.1, -0.05) is 6.07 Å². The van der Waals surface area contributed by atoms with Crippen molar-refractivity contribution in [2.24, 2.45) is 0 Å². The minimum Gasteiger partial charge on any atom is -0.423 e. The molecule has 0 spiro atoms. The van der Waals surface area contributed by atoms with Crippen molar-refractivity contribution in [3.63, 3.8) is 0 Å². The first-order valence-corrected chi connectivity index (χ1v) is 7.90. The standard InChI is InChI=1S/C16H28BNO5/c1-7-21-14(22-8-2)13-12(10-9-11-18-13)17(20)23-16(5,6)15(3,4)19/h9-11,14,19-20H,7-8H2,1-6H3. The van der Waals surface area contributed by atoms with Crippen molar-refractivity contribution in [3.05, 3.63) is 24.0 Å². The van der Waals surface area contributed by atoms with E-state index in [1.165, 1.54) is 0 Å². The highest BCUT2D eigenvalue weighted by molar-refractivity contribution is 6.60. The summed E-state index contributed by atoms with van der Waals surface area (Å²) in [6.07, 6.45) is 0.933. The Balaban J connectivity index is 3.08. The van der Waals surface area contributed by atoms with Crippen LogP contribution >= 0.6 is 0 Å². The van der Waals surface area contributed by atoms with Gasteiger partial charge in [-0.05, 0) is 47.6 Å². The van der Waals surface area contributed by atoms with Crippen LogP contribution in [0.5, 0.6) is 0 Å². The van der Waals surface area contributed by atoms with Crippen LogP contribution in [0.4, 0.5) is 0 Å². The normalized spacial score (nSPS) is 12.7. The van der Waals surface area contributed by atoms with Gasteiger partial charge in [-0.25, -0.2) is 0 Å². The van der Waals surface area contributed by atoms with E-state index in [4.69, 9.17) is 14.1 Å². The Morgan fingerprint density at radius 2 is 1.74 bits per heavy atom. The molecular formula is C16H28BNO5. The van der Waals surface area contributed by atoms with Gasteiger partial charge in [0.15, 0.2) is 0 Å². The molecule has 0 bridgehead atoms. The van der Waals surface area contributed by atoms with Gasteiger partial charge in [-0.15, -0.1) is 0 Å². The first kappa shape index (κ1) is 20.1. The molecule has 1 heterocycles. The summed E-state index contributed by atoms with van der Waals surface area (Å²) < 4.78 is 16.8. The second-order valence-corrected chi connectivity index (χ2v) is 6.26. The van der Waals surface area contributed by atoms with Crippen LogP contribution in [0.2, 0.25) is 0 Å². The van der Waals surface area contributed by atoms with Crippen LogP contribution in [0, 0.1) is 0 Å². The van der Waals surface area contributed by atoms with E-state index in [0.29, 0.717) is 24.4 Å². The van der Waals surface area contributed by atoms with Crippen molar-refractivity contribution in [2.75, 3.05) is 13.2 Å². The second-order valence-electron chi connectivity index (χ2n) is 6.26. The zero-order valence-corrected chi connectivity index (χ0v) is 14.9. The molecule has 0 aliphatic carbocycles. The summed E-state index contributed by atoms with van der Waals surface area (Å²) >= 11 is 0. The molecule has 1 rings (SSSR count).